The molecule has 0 radical (unpaired) electrons. The Kier molecular flexibility index (Phi) is 5.55. The summed E-state index contributed by atoms with van der Waals surface area (Å²) in [4.78, 5) is 40.3. The Morgan fingerprint density at radius 1 is 1.14 bits per heavy atom. The van der Waals surface area contributed by atoms with Crippen LogP contribution in [0, 0.1) is 0 Å². The first-order chi connectivity index (χ1) is 14.0. The van der Waals surface area contributed by atoms with Gasteiger partial charge in [-0.25, -0.2) is 0 Å². The van der Waals surface area contributed by atoms with E-state index in [1.54, 1.807) is 12.1 Å². The Labute approximate surface area is 172 Å². The predicted octanol–water partition coefficient (Wildman–Crippen LogP) is 3.05. The zero-order valence-electron chi connectivity index (χ0n) is 16.0. The van der Waals surface area contributed by atoms with Gasteiger partial charge in [0.15, 0.2) is 0 Å². The largest absolute Gasteiger partial charge is 0.457 e. The van der Waals surface area contributed by atoms with Crippen LogP contribution in [0.15, 0.2) is 45.7 Å². The summed E-state index contributed by atoms with van der Waals surface area (Å²) in [6.45, 7) is 3.34. The molecule has 2 aliphatic rings. The lowest BCUT2D eigenvalue weighted by Gasteiger charge is -2.20. The molecule has 150 valence electrons. The van der Waals surface area contributed by atoms with Crippen molar-refractivity contribution in [1.82, 2.24) is 15.1 Å². The molecule has 1 N–H and O–H groups in total. The van der Waals surface area contributed by atoms with Crippen molar-refractivity contribution in [3.05, 3.63) is 52.6 Å². The molecule has 0 aliphatic carbocycles. The number of nitrogens with one attached hydrogen (secondary N) is 1. The lowest BCUT2D eigenvalue weighted by molar-refractivity contribution is -0.115. The third-order valence-electron chi connectivity index (χ3n) is 4.94. The van der Waals surface area contributed by atoms with E-state index in [-0.39, 0.29) is 11.1 Å². The molecule has 1 aromatic heterocycles. The number of benzene rings is 1. The monoisotopic (exact) mass is 411 g/mol. The van der Waals surface area contributed by atoms with Gasteiger partial charge in [0.1, 0.15) is 11.5 Å². The van der Waals surface area contributed by atoms with Gasteiger partial charge in [0.2, 0.25) is 0 Å². The molecule has 2 aromatic rings. The maximum absolute atomic E-state index is 12.9. The molecule has 0 unspecified atom stereocenters. The molecule has 4 rings (SSSR count). The second-order valence-electron chi connectivity index (χ2n) is 7.08. The Bertz CT molecular complexity index is 997. The summed E-state index contributed by atoms with van der Waals surface area (Å²) in [7, 11) is 2.07. The van der Waals surface area contributed by atoms with Crippen molar-refractivity contribution in [1.29, 1.82) is 0 Å². The summed E-state index contributed by atoms with van der Waals surface area (Å²) in [5.41, 5.74) is 1.41. The molecule has 3 amide bonds. The number of carbonyl (C=O) groups is 3. The van der Waals surface area contributed by atoms with Crippen molar-refractivity contribution in [2.75, 3.05) is 33.2 Å². The number of imide groups is 1. The van der Waals surface area contributed by atoms with E-state index in [4.69, 9.17) is 4.42 Å². The number of hydrogen-bond acceptors (Lipinski definition) is 6. The fourth-order valence-corrected chi connectivity index (χ4v) is 4.04. The van der Waals surface area contributed by atoms with Crippen LogP contribution in [0.3, 0.4) is 0 Å². The van der Waals surface area contributed by atoms with Gasteiger partial charge >= 0.3 is 0 Å². The van der Waals surface area contributed by atoms with E-state index in [0.29, 0.717) is 22.0 Å². The lowest BCUT2D eigenvalue weighted by atomic mass is 10.1. The quantitative estimate of drug-likeness (QED) is 0.782. The molecule has 2 aliphatic heterocycles. The van der Waals surface area contributed by atoms with Crippen LogP contribution in [0.1, 0.15) is 22.5 Å². The van der Waals surface area contributed by atoms with Crippen LogP contribution in [0.2, 0.25) is 0 Å². The van der Waals surface area contributed by atoms with Gasteiger partial charge in [-0.05, 0) is 56.0 Å². The van der Waals surface area contributed by atoms with Crippen molar-refractivity contribution in [2.24, 2.45) is 0 Å². The molecule has 1 aromatic carbocycles. The van der Waals surface area contributed by atoms with Gasteiger partial charge in [-0.2, -0.15) is 0 Å². The van der Waals surface area contributed by atoms with E-state index >= 15 is 0 Å². The SMILES string of the molecule is CN1CCCN(C(=O)c2cccc(-c3ccc(C=C4SC(=O)NC4=O)o3)c2)CC1. The summed E-state index contributed by atoms with van der Waals surface area (Å²) < 4.78 is 5.82. The van der Waals surface area contributed by atoms with E-state index in [9.17, 15) is 14.4 Å². The lowest BCUT2D eigenvalue weighted by Crippen LogP contribution is -2.34. The van der Waals surface area contributed by atoms with Gasteiger partial charge < -0.3 is 14.2 Å². The summed E-state index contributed by atoms with van der Waals surface area (Å²) >= 11 is 0.845. The number of amides is 3. The molecule has 2 fully saturated rings. The van der Waals surface area contributed by atoms with Crippen molar-refractivity contribution < 1.29 is 18.8 Å². The molecule has 7 nitrogen and oxygen atoms in total. The minimum Gasteiger partial charge on any atom is -0.457 e. The Balaban J connectivity index is 1.53. The first-order valence-electron chi connectivity index (χ1n) is 9.42. The molecule has 8 heteroatoms. The maximum Gasteiger partial charge on any atom is 0.290 e. The molecule has 29 heavy (non-hydrogen) atoms. The standard InChI is InChI=1S/C21H21N3O4S/c1-23-8-3-9-24(11-10-23)20(26)15-5-2-4-14(12-15)17-7-6-16(28-17)13-18-19(25)22-21(27)29-18/h2,4-7,12-13H,3,8-11H2,1H3,(H,22,25,27). The van der Waals surface area contributed by atoms with Gasteiger partial charge in [-0.3, -0.25) is 19.7 Å². The first kappa shape index (κ1) is 19.5. The minimum absolute atomic E-state index is 0.0218. The van der Waals surface area contributed by atoms with Gasteiger partial charge in [0, 0.05) is 36.8 Å². The summed E-state index contributed by atoms with van der Waals surface area (Å²) in [5.74, 6) is 0.665. The topological polar surface area (TPSA) is 82.9 Å². The van der Waals surface area contributed by atoms with Crippen molar-refractivity contribution in [2.45, 2.75) is 6.42 Å². The summed E-state index contributed by atoms with van der Waals surface area (Å²) in [6, 6.07) is 10.9. The third-order valence-corrected chi connectivity index (χ3v) is 5.75. The highest BCUT2D eigenvalue weighted by atomic mass is 32.2. The second kappa shape index (κ2) is 8.26. The number of nitrogens with zero attached hydrogens (tertiary/aromatic N) is 2. The second-order valence-corrected chi connectivity index (χ2v) is 8.10. The van der Waals surface area contributed by atoms with Crippen LogP contribution < -0.4 is 5.32 Å². The third kappa shape index (κ3) is 4.44. The molecule has 0 bridgehead atoms. The fourth-order valence-electron chi connectivity index (χ4n) is 3.37. The van der Waals surface area contributed by atoms with Crippen LogP contribution in [0.4, 0.5) is 4.79 Å². The molecule has 0 saturated carbocycles. The molecular formula is C21H21N3O4S. The minimum atomic E-state index is -0.423. The predicted molar refractivity (Wildman–Crippen MR) is 111 cm³/mol. The average Bonchev–Trinajstić information content (AvgIpc) is 3.23. The number of carbonyl (C=O) groups excluding carboxylic acids is 3. The van der Waals surface area contributed by atoms with Crippen LogP contribution in [-0.2, 0) is 4.79 Å². The Morgan fingerprint density at radius 2 is 2.00 bits per heavy atom. The van der Waals surface area contributed by atoms with Gasteiger partial charge in [0.05, 0.1) is 4.91 Å². The smallest absolute Gasteiger partial charge is 0.290 e. The van der Waals surface area contributed by atoms with E-state index in [0.717, 1.165) is 49.9 Å². The Morgan fingerprint density at radius 3 is 2.79 bits per heavy atom. The number of furan rings is 1. The van der Waals surface area contributed by atoms with Gasteiger partial charge in [-0.1, -0.05) is 12.1 Å². The number of hydrogen-bond donors (Lipinski definition) is 1. The van der Waals surface area contributed by atoms with Crippen LogP contribution in [0.25, 0.3) is 17.4 Å². The van der Waals surface area contributed by atoms with Crippen LogP contribution in [0.5, 0.6) is 0 Å². The fraction of sp³-hybridized carbons (Fsp3) is 0.286. The number of likely N-dealkylation sites (N-methyl/N-ethyl adjacent to an activating group) is 1. The van der Waals surface area contributed by atoms with Gasteiger partial charge in [0.25, 0.3) is 17.1 Å². The zero-order chi connectivity index (χ0) is 20.4. The van der Waals surface area contributed by atoms with E-state index in [1.165, 1.54) is 6.08 Å². The maximum atomic E-state index is 12.9. The van der Waals surface area contributed by atoms with Crippen molar-refractivity contribution in [3.8, 4) is 11.3 Å². The Hall–Kier alpha value is -2.84. The van der Waals surface area contributed by atoms with E-state index < -0.39 is 5.91 Å². The highest BCUT2D eigenvalue weighted by Crippen LogP contribution is 2.29. The van der Waals surface area contributed by atoms with Crippen LogP contribution >= 0.6 is 11.8 Å². The summed E-state index contributed by atoms with van der Waals surface area (Å²) in [5, 5.41) is 1.82. The van der Waals surface area contributed by atoms with E-state index in [2.05, 4.69) is 17.3 Å². The number of rotatable bonds is 3. The number of thioether (sulfide) groups is 1. The van der Waals surface area contributed by atoms with Crippen molar-refractivity contribution >= 4 is 34.9 Å². The molecule has 2 saturated heterocycles. The molecular weight excluding hydrogens is 390 g/mol. The molecule has 0 spiro atoms. The zero-order valence-corrected chi connectivity index (χ0v) is 16.8. The normalized spacial score (nSPS) is 19.5. The molecule has 0 atom stereocenters. The highest BCUT2D eigenvalue weighted by molar-refractivity contribution is 8.18. The molecule has 3 heterocycles. The van der Waals surface area contributed by atoms with Gasteiger partial charge in [-0.15, -0.1) is 0 Å². The van der Waals surface area contributed by atoms with Crippen LogP contribution in [-0.4, -0.2) is 60.1 Å². The first-order valence-corrected chi connectivity index (χ1v) is 10.2. The summed E-state index contributed by atoms with van der Waals surface area (Å²) in [6.07, 6.45) is 2.50. The van der Waals surface area contributed by atoms with Crippen molar-refractivity contribution in [3.63, 3.8) is 0 Å². The highest BCUT2D eigenvalue weighted by Gasteiger charge is 2.25. The average molecular weight is 411 g/mol. The van der Waals surface area contributed by atoms with E-state index in [1.807, 2.05) is 29.2 Å².